The predicted octanol–water partition coefficient (Wildman–Crippen LogP) is 7.97. The lowest BCUT2D eigenvalue weighted by molar-refractivity contribution is -0.384. The summed E-state index contributed by atoms with van der Waals surface area (Å²) in [6.07, 6.45) is 0. The molecule has 158 valence electrons. The van der Waals surface area contributed by atoms with Gasteiger partial charge in [-0.3, -0.25) is 10.1 Å². The van der Waals surface area contributed by atoms with Crippen LogP contribution in [0.3, 0.4) is 0 Å². The Bertz CT molecular complexity index is 1380. The van der Waals surface area contributed by atoms with Crippen molar-refractivity contribution in [1.82, 2.24) is 0 Å². The van der Waals surface area contributed by atoms with Crippen molar-refractivity contribution in [2.45, 2.75) is 19.3 Å². The highest BCUT2D eigenvalue weighted by molar-refractivity contribution is 6.33. The van der Waals surface area contributed by atoms with Gasteiger partial charge in [-0.25, -0.2) is 0 Å². The molecule has 0 saturated heterocycles. The number of benzene rings is 4. The van der Waals surface area contributed by atoms with Crippen LogP contribution < -0.4 is 5.32 Å². The van der Waals surface area contributed by atoms with E-state index in [1.54, 1.807) is 12.1 Å². The van der Waals surface area contributed by atoms with Crippen molar-refractivity contribution in [2.24, 2.45) is 0 Å². The van der Waals surface area contributed by atoms with Gasteiger partial charge in [0.25, 0.3) is 5.69 Å². The van der Waals surface area contributed by atoms with E-state index in [9.17, 15) is 10.1 Å². The van der Waals surface area contributed by atoms with Crippen molar-refractivity contribution in [1.29, 1.82) is 0 Å². The summed E-state index contributed by atoms with van der Waals surface area (Å²) in [5.74, 6) is 0. The van der Waals surface area contributed by atoms with E-state index in [2.05, 4.69) is 31.3 Å². The number of hydrogen-bond donors (Lipinski definition) is 1. The molecule has 5 heteroatoms. The van der Waals surface area contributed by atoms with Crippen LogP contribution in [-0.4, -0.2) is 4.92 Å². The maximum atomic E-state index is 11.8. The first kappa shape index (κ1) is 20.3. The highest BCUT2D eigenvalue weighted by Gasteiger charge is 2.39. The smallest absolute Gasteiger partial charge is 0.277 e. The number of para-hydroxylation sites is 2. The van der Waals surface area contributed by atoms with Crippen LogP contribution in [0.1, 0.15) is 25.0 Å². The Balaban J connectivity index is 1.81. The molecule has 0 bridgehead atoms. The summed E-state index contributed by atoms with van der Waals surface area (Å²) in [7, 11) is 0. The molecule has 1 N–H and O–H groups in total. The first-order valence-corrected chi connectivity index (χ1v) is 10.8. The second kappa shape index (κ2) is 7.50. The Labute approximate surface area is 191 Å². The molecule has 0 saturated carbocycles. The lowest BCUT2D eigenvalue weighted by Crippen LogP contribution is -2.16. The molecule has 0 amide bonds. The topological polar surface area (TPSA) is 55.2 Å². The number of anilines is 2. The molecule has 0 heterocycles. The molecular weight excluding hydrogens is 420 g/mol. The van der Waals surface area contributed by atoms with E-state index < -0.39 is 0 Å². The molecule has 0 unspecified atom stereocenters. The third-order valence-electron chi connectivity index (χ3n) is 6.23. The van der Waals surface area contributed by atoms with Crippen LogP contribution in [-0.2, 0) is 5.41 Å². The lowest BCUT2D eigenvalue weighted by Gasteiger charge is -2.25. The number of nitrogens with one attached hydrogen (secondary N) is 1. The zero-order valence-corrected chi connectivity index (χ0v) is 18.5. The number of fused-ring (bicyclic) bond motifs is 3. The van der Waals surface area contributed by atoms with E-state index in [0.29, 0.717) is 10.6 Å². The predicted molar refractivity (Wildman–Crippen MR) is 131 cm³/mol. The van der Waals surface area contributed by atoms with Gasteiger partial charge in [-0.05, 0) is 46.5 Å². The van der Waals surface area contributed by atoms with E-state index >= 15 is 0 Å². The van der Waals surface area contributed by atoms with Crippen LogP contribution in [0.2, 0.25) is 5.02 Å². The molecule has 32 heavy (non-hydrogen) atoms. The van der Waals surface area contributed by atoms with Gasteiger partial charge in [-0.15, -0.1) is 0 Å². The summed E-state index contributed by atoms with van der Waals surface area (Å²) in [5.41, 5.74) is 7.47. The Morgan fingerprint density at radius 3 is 2.19 bits per heavy atom. The minimum atomic E-state index is -0.330. The Morgan fingerprint density at radius 1 is 0.781 bits per heavy atom. The molecule has 0 spiro atoms. The molecule has 0 aliphatic heterocycles. The Hall–Kier alpha value is -3.63. The summed E-state index contributed by atoms with van der Waals surface area (Å²) >= 11 is 6.43. The fourth-order valence-electron chi connectivity index (χ4n) is 4.81. The van der Waals surface area contributed by atoms with E-state index in [0.717, 1.165) is 33.6 Å². The van der Waals surface area contributed by atoms with Crippen molar-refractivity contribution < 1.29 is 4.92 Å². The Morgan fingerprint density at radius 2 is 1.44 bits per heavy atom. The van der Waals surface area contributed by atoms with Crippen molar-refractivity contribution in [2.75, 3.05) is 5.32 Å². The monoisotopic (exact) mass is 440 g/mol. The van der Waals surface area contributed by atoms with Crippen molar-refractivity contribution >= 4 is 28.7 Å². The van der Waals surface area contributed by atoms with Crippen LogP contribution >= 0.6 is 11.6 Å². The molecule has 1 aliphatic rings. The van der Waals surface area contributed by atoms with Gasteiger partial charge in [0.15, 0.2) is 0 Å². The molecule has 0 aromatic heterocycles. The largest absolute Gasteiger partial charge is 0.354 e. The van der Waals surface area contributed by atoms with Crippen LogP contribution in [0.4, 0.5) is 17.1 Å². The summed E-state index contributed by atoms with van der Waals surface area (Å²) < 4.78 is 0. The number of nitro benzene ring substituents is 1. The SMILES string of the molecule is CC1(C)c2ccccc2-c2c(Nc3ccccc3Cl)ccc(-c3ccccc3[N+](=O)[O-])c21. The van der Waals surface area contributed by atoms with Gasteiger partial charge < -0.3 is 5.32 Å². The summed E-state index contributed by atoms with van der Waals surface area (Å²) in [5, 5.41) is 15.9. The Kier molecular flexibility index (Phi) is 4.75. The molecule has 0 fully saturated rings. The molecular formula is C27H21ClN2O2. The second-order valence-corrected chi connectivity index (χ2v) is 8.87. The van der Waals surface area contributed by atoms with E-state index in [-0.39, 0.29) is 16.0 Å². The van der Waals surface area contributed by atoms with Gasteiger partial charge >= 0.3 is 0 Å². The summed E-state index contributed by atoms with van der Waals surface area (Å²) in [4.78, 5) is 11.5. The molecule has 5 rings (SSSR count). The van der Waals surface area contributed by atoms with Crippen LogP contribution in [0.25, 0.3) is 22.3 Å². The van der Waals surface area contributed by atoms with Crippen molar-refractivity contribution in [3.8, 4) is 22.3 Å². The van der Waals surface area contributed by atoms with E-state index in [1.807, 2.05) is 60.7 Å². The number of nitrogens with zero attached hydrogens (tertiary/aromatic N) is 1. The fraction of sp³-hybridized carbons (Fsp3) is 0.111. The first-order chi connectivity index (χ1) is 15.4. The highest BCUT2D eigenvalue weighted by Crippen LogP contribution is 2.55. The minimum absolute atomic E-state index is 0.105. The average Bonchev–Trinajstić information content (AvgIpc) is 3.04. The van der Waals surface area contributed by atoms with Gasteiger partial charge in [0.05, 0.1) is 21.2 Å². The third kappa shape index (κ3) is 3.07. The lowest BCUT2D eigenvalue weighted by atomic mass is 9.78. The quantitative estimate of drug-likeness (QED) is 0.258. The molecule has 0 radical (unpaired) electrons. The molecule has 0 atom stereocenters. The van der Waals surface area contributed by atoms with Crippen LogP contribution in [0.5, 0.6) is 0 Å². The number of hydrogen-bond acceptors (Lipinski definition) is 3. The number of nitro groups is 1. The third-order valence-corrected chi connectivity index (χ3v) is 6.56. The molecule has 4 aromatic rings. The fourth-order valence-corrected chi connectivity index (χ4v) is 4.99. The van der Waals surface area contributed by atoms with Gasteiger partial charge in [0.1, 0.15) is 0 Å². The van der Waals surface area contributed by atoms with Gasteiger partial charge in [0, 0.05) is 22.7 Å². The van der Waals surface area contributed by atoms with Crippen molar-refractivity contribution in [3.63, 3.8) is 0 Å². The van der Waals surface area contributed by atoms with E-state index in [4.69, 9.17) is 11.6 Å². The zero-order chi connectivity index (χ0) is 22.5. The minimum Gasteiger partial charge on any atom is -0.354 e. The average molecular weight is 441 g/mol. The molecule has 4 aromatic carbocycles. The zero-order valence-electron chi connectivity index (χ0n) is 17.7. The van der Waals surface area contributed by atoms with Crippen molar-refractivity contribution in [3.05, 3.63) is 111 Å². The van der Waals surface area contributed by atoms with Crippen LogP contribution in [0.15, 0.2) is 84.9 Å². The normalized spacial score (nSPS) is 13.3. The number of halogens is 1. The standard InChI is InChI=1S/C27H21ClN2O2/c1-27(2)20-11-5-3-10-19(20)25-23(29-22-13-7-6-12-21(22)28)16-15-18(26(25)27)17-9-4-8-14-24(17)30(31)32/h3-16,29H,1-2H3. The van der Waals surface area contributed by atoms with Gasteiger partial charge in [0.2, 0.25) is 0 Å². The highest BCUT2D eigenvalue weighted by atomic mass is 35.5. The van der Waals surface area contributed by atoms with Gasteiger partial charge in [-0.1, -0.05) is 80.0 Å². The first-order valence-electron chi connectivity index (χ1n) is 10.4. The maximum Gasteiger partial charge on any atom is 0.277 e. The van der Waals surface area contributed by atoms with E-state index in [1.165, 1.54) is 5.56 Å². The maximum absolute atomic E-state index is 11.8. The van der Waals surface area contributed by atoms with Crippen LogP contribution in [0, 0.1) is 10.1 Å². The molecule has 4 nitrogen and oxygen atoms in total. The summed E-state index contributed by atoms with van der Waals surface area (Å²) in [6, 6.07) is 26.9. The summed E-state index contributed by atoms with van der Waals surface area (Å²) in [6.45, 7) is 4.35. The van der Waals surface area contributed by atoms with Gasteiger partial charge in [-0.2, -0.15) is 0 Å². The molecule has 1 aliphatic carbocycles. The number of rotatable bonds is 4. The second-order valence-electron chi connectivity index (χ2n) is 8.46.